The highest BCUT2D eigenvalue weighted by atomic mass is 16.6. The number of benzene rings is 1. The second-order valence-corrected chi connectivity index (χ2v) is 5.00. The topological polar surface area (TPSA) is 63.7 Å². The van der Waals surface area contributed by atoms with Gasteiger partial charge in [-0.25, -0.2) is 4.90 Å². The van der Waals surface area contributed by atoms with Gasteiger partial charge in [0.15, 0.2) is 6.23 Å². The molecule has 1 aromatic rings. The zero-order valence-corrected chi connectivity index (χ0v) is 11.8. The molecular formula is C15H17NO4. The molecule has 0 bridgehead atoms. The van der Waals surface area contributed by atoms with Crippen LogP contribution in [0.15, 0.2) is 24.3 Å². The SMILES string of the molecule is CCC(=O)OC(C(C)C)N1C(=O)c2ccccc2C1=O. The summed E-state index contributed by atoms with van der Waals surface area (Å²) in [5.74, 6) is -1.42. The molecule has 1 aromatic carbocycles. The van der Waals surface area contributed by atoms with Gasteiger partial charge in [-0.05, 0) is 12.1 Å². The average Bonchev–Trinajstić information content (AvgIpc) is 2.69. The van der Waals surface area contributed by atoms with Crippen LogP contribution in [0.2, 0.25) is 0 Å². The van der Waals surface area contributed by atoms with Crippen molar-refractivity contribution in [2.75, 3.05) is 0 Å². The smallest absolute Gasteiger partial charge is 0.307 e. The van der Waals surface area contributed by atoms with E-state index in [4.69, 9.17) is 4.74 Å². The van der Waals surface area contributed by atoms with E-state index in [9.17, 15) is 14.4 Å². The minimum atomic E-state index is -0.866. The van der Waals surface area contributed by atoms with Gasteiger partial charge < -0.3 is 4.74 Å². The zero-order valence-electron chi connectivity index (χ0n) is 11.8. The standard InChI is InChI=1S/C15H17NO4/c1-4-12(17)20-15(9(2)3)16-13(18)10-7-5-6-8-11(10)14(16)19/h5-9,15H,4H2,1-3H3. The number of hydrogen-bond acceptors (Lipinski definition) is 4. The molecular weight excluding hydrogens is 258 g/mol. The summed E-state index contributed by atoms with van der Waals surface area (Å²) < 4.78 is 5.26. The van der Waals surface area contributed by atoms with Crippen molar-refractivity contribution in [1.82, 2.24) is 4.90 Å². The molecule has 1 unspecified atom stereocenters. The van der Waals surface area contributed by atoms with Crippen LogP contribution in [-0.4, -0.2) is 28.9 Å². The molecule has 0 saturated heterocycles. The normalized spacial score (nSPS) is 15.5. The number of rotatable bonds is 4. The Hall–Kier alpha value is -2.17. The lowest BCUT2D eigenvalue weighted by Gasteiger charge is -2.28. The van der Waals surface area contributed by atoms with Crippen LogP contribution in [0, 0.1) is 5.92 Å². The number of nitrogens with zero attached hydrogens (tertiary/aromatic N) is 1. The lowest BCUT2D eigenvalue weighted by molar-refractivity contribution is -0.157. The molecule has 0 aliphatic carbocycles. The first kappa shape index (κ1) is 14.2. The minimum absolute atomic E-state index is 0.173. The van der Waals surface area contributed by atoms with Crippen molar-refractivity contribution in [1.29, 1.82) is 0 Å². The summed E-state index contributed by atoms with van der Waals surface area (Å²) in [5, 5.41) is 0. The first-order chi connectivity index (χ1) is 9.47. The Kier molecular flexibility index (Phi) is 3.88. The molecule has 1 atom stereocenters. The van der Waals surface area contributed by atoms with E-state index in [1.807, 2.05) is 0 Å². The van der Waals surface area contributed by atoms with E-state index in [2.05, 4.69) is 0 Å². The Morgan fingerprint density at radius 2 is 1.65 bits per heavy atom. The van der Waals surface area contributed by atoms with Crippen LogP contribution < -0.4 is 0 Å². The van der Waals surface area contributed by atoms with Gasteiger partial charge in [-0.15, -0.1) is 0 Å². The van der Waals surface area contributed by atoms with Crippen molar-refractivity contribution in [2.24, 2.45) is 5.92 Å². The molecule has 0 N–H and O–H groups in total. The van der Waals surface area contributed by atoms with Crippen molar-refractivity contribution in [3.05, 3.63) is 35.4 Å². The number of carbonyl (C=O) groups excluding carboxylic acids is 3. The monoisotopic (exact) mass is 275 g/mol. The van der Waals surface area contributed by atoms with Gasteiger partial charge in [-0.2, -0.15) is 0 Å². The first-order valence-corrected chi connectivity index (χ1v) is 6.63. The van der Waals surface area contributed by atoms with Crippen LogP contribution in [0.25, 0.3) is 0 Å². The fraction of sp³-hybridized carbons (Fsp3) is 0.400. The van der Waals surface area contributed by atoms with Crippen LogP contribution in [-0.2, 0) is 9.53 Å². The van der Waals surface area contributed by atoms with E-state index in [0.29, 0.717) is 11.1 Å². The fourth-order valence-electron chi connectivity index (χ4n) is 2.14. The first-order valence-electron chi connectivity index (χ1n) is 6.63. The van der Waals surface area contributed by atoms with Crippen molar-refractivity contribution < 1.29 is 19.1 Å². The van der Waals surface area contributed by atoms with Crippen LogP contribution in [0.1, 0.15) is 47.9 Å². The Labute approximate surface area is 117 Å². The molecule has 5 nitrogen and oxygen atoms in total. The summed E-state index contributed by atoms with van der Waals surface area (Å²) in [7, 11) is 0. The molecule has 1 heterocycles. The van der Waals surface area contributed by atoms with Crippen molar-refractivity contribution in [3.63, 3.8) is 0 Å². The molecule has 20 heavy (non-hydrogen) atoms. The average molecular weight is 275 g/mol. The maximum atomic E-state index is 12.3. The van der Waals surface area contributed by atoms with Gasteiger partial charge in [0.25, 0.3) is 11.8 Å². The van der Waals surface area contributed by atoms with E-state index < -0.39 is 24.0 Å². The third-order valence-corrected chi connectivity index (χ3v) is 3.19. The summed E-state index contributed by atoms with van der Waals surface area (Å²) in [5.41, 5.74) is 0.714. The number of ether oxygens (including phenoxy) is 1. The molecule has 0 saturated carbocycles. The summed E-state index contributed by atoms with van der Waals surface area (Å²) in [4.78, 5) is 37.2. The molecule has 0 fully saturated rings. The Morgan fingerprint density at radius 1 is 1.15 bits per heavy atom. The number of hydrogen-bond donors (Lipinski definition) is 0. The maximum absolute atomic E-state index is 12.3. The number of fused-ring (bicyclic) bond motifs is 1. The minimum Gasteiger partial charge on any atom is -0.441 e. The van der Waals surface area contributed by atoms with Crippen LogP contribution in [0.5, 0.6) is 0 Å². The predicted octanol–water partition coefficient (Wildman–Crippen LogP) is 2.22. The highest BCUT2D eigenvalue weighted by molar-refractivity contribution is 6.21. The molecule has 2 amide bonds. The van der Waals surface area contributed by atoms with E-state index in [1.165, 1.54) is 0 Å². The zero-order chi connectivity index (χ0) is 14.9. The number of imide groups is 1. The van der Waals surface area contributed by atoms with E-state index in [0.717, 1.165) is 4.90 Å². The molecule has 0 aromatic heterocycles. The molecule has 5 heteroatoms. The molecule has 0 spiro atoms. The van der Waals surface area contributed by atoms with Crippen molar-refractivity contribution >= 4 is 17.8 Å². The van der Waals surface area contributed by atoms with Gasteiger partial charge in [-0.1, -0.05) is 32.9 Å². The Morgan fingerprint density at radius 3 is 2.05 bits per heavy atom. The van der Waals surface area contributed by atoms with Crippen LogP contribution in [0.4, 0.5) is 0 Å². The molecule has 1 aliphatic heterocycles. The predicted molar refractivity (Wildman–Crippen MR) is 72.0 cm³/mol. The summed E-state index contributed by atoms with van der Waals surface area (Å²) in [6.07, 6.45) is -0.665. The largest absolute Gasteiger partial charge is 0.441 e. The third-order valence-electron chi connectivity index (χ3n) is 3.19. The highest BCUT2D eigenvalue weighted by Crippen LogP contribution is 2.27. The lowest BCUT2D eigenvalue weighted by atomic mass is 10.1. The Balaban J connectivity index is 2.35. The van der Waals surface area contributed by atoms with Crippen molar-refractivity contribution in [3.8, 4) is 0 Å². The fourth-order valence-corrected chi connectivity index (χ4v) is 2.14. The molecule has 0 radical (unpaired) electrons. The van der Waals surface area contributed by atoms with Crippen LogP contribution in [0.3, 0.4) is 0 Å². The van der Waals surface area contributed by atoms with Gasteiger partial charge in [0.1, 0.15) is 0 Å². The Bertz CT molecular complexity index is 530. The van der Waals surface area contributed by atoms with E-state index >= 15 is 0 Å². The van der Waals surface area contributed by atoms with E-state index in [1.54, 1.807) is 45.0 Å². The third kappa shape index (κ3) is 2.31. The summed E-state index contributed by atoms with van der Waals surface area (Å²) >= 11 is 0. The summed E-state index contributed by atoms with van der Waals surface area (Å²) in [6, 6.07) is 6.62. The quantitative estimate of drug-likeness (QED) is 0.624. The highest BCUT2D eigenvalue weighted by Gasteiger charge is 2.42. The van der Waals surface area contributed by atoms with Gasteiger partial charge in [0, 0.05) is 12.3 Å². The van der Waals surface area contributed by atoms with Gasteiger partial charge in [-0.3, -0.25) is 14.4 Å². The molecule has 1 aliphatic rings. The second kappa shape index (κ2) is 5.45. The molecule has 2 rings (SSSR count). The maximum Gasteiger partial charge on any atom is 0.307 e. The number of amides is 2. The number of carbonyl (C=O) groups is 3. The number of esters is 1. The van der Waals surface area contributed by atoms with Gasteiger partial charge in [0.05, 0.1) is 11.1 Å². The van der Waals surface area contributed by atoms with Gasteiger partial charge in [0.2, 0.25) is 0 Å². The lowest BCUT2D eigenvalue weighted by Crippen LogP contribution is -2.45. The van der Waals surface area contributed by atoms with Crippen LogP contribution >= 0.6 is 0 Å². The summed E-state index contributed by atoms with van der Waals surface area (Å²) in [6.45, 7) is 5.27. The second-order valence-electron chi connectivity index (χ2n) is 5.00. The van der Waals surface area contributed by atoms with E-state index in [-0.39, 0.29) is 12.3 Å². The molecule has 106 valence electrons. The van der Waals surface area contributed by atoms with Crippen molar-refractivity contribution in [2.45, 2.75) is 33.4 Å². The van der Waals surface area contributed by atoms with Gasteiger partial charge >= 0.3 is 5.97 Å².